The molecule has 0 amide bonds. The summed E-state index contributed by atoms with van der Waals surface area (Å²) in [6, 6.07) is 3.44. The number of hydrogen-bond donors (Lipinski definition) is 1. The summed E-state index contributed by atoms with van der Waals surface area (Å²) in [7, 11) is -2.00. The molecular weight excluding hydrogens is 306 g/mol. The lowest BCUT2D eigenvalue weighted by atomic mass is 10.1. The Morgan fingerprint density at radius 2 is 1.95 bits per heavy atom. The van der Waals surface area contributed by atoms with Crippen LogP contribution in [-0.4, -0.2) is 24.8 Å². The van der Waals surface area contributed by atoms with Gasteiger partial charge in [-0.3, -0.25) is 0 Å². The van der Waals surface area contributed by atoms with Gasteiger partial charge in [-0.15, -0.1) is 11.3 Å². The number of benzene rings is 1. The molecule has 0 unspecified atom stereocenters. The lowest BCUT2D eigenvalue weighted by Gasteiger charge is -2.19. The first-order valence-electron chi connectivity index (χ1n) is 6.46. The maximum absolute atomic E-state index is 12.7. The van der Waals surface area contributed by atoms with Crippen molar-refractivity contribution >= 4 is 27.0 Å². The van der Waals surface area contributed by atoms with E-state index in [2.05, 4.69) is 4.98 Å². The van der Waals surface area contributed by atoms with Crippen molar-refractivity contribution in [2.75, 3.05) is 12.8 Å². The Morgan fingerprint density at radius 3 is 2.52 bits per heavy atom. The van der Waals surface area contributed by atoms with Crippen LogP contribution < -0.4 is 5.73 Å². The van der Waals surface area contributed by atoms with Crippen LogP contribution in [0.15, 0.2) is 23.2 Å². The molecule has 0 fully saturated rings. The van der Waals surface area contributed by atoms with Crippen molar-refractivity contribution in [1.82, 2.24) is 9.29 Å². The van der Waals surface area contributed by atoms with Crippen molar-refractivity contribution in [3.05, 3.63) is 39.3 Å². The van der Waals surface area contributed by atoms with Gasteiger partial charge in [0.1, 0.15) is 0 Å². The van der Waals surface area contributed by atoms with Gasteiger partial charge in [-0.25, -0.2) is 13.4 Å². The van der Waals surface area contributed by atoms with E-state index in [-0.39, 0.29) is 4.90 Å². The average molecular weight is 325 g/mol. The lowest BCUT2D eigenvalue weighted by molar-refractivity contribution is 0.469. The predicted molar refractivity (Wildman–Crippen MR) is 85.8 cm³/mol. The molecule has 1 heterocycles. The first-order valence-corrected chi connectivity index (χ1v) is 8.72. The van der Waals surface area contributed by atoms with Crippen LogP contribution in [0.4, 0.5) is 5.69 Å². The summed E-state index contributed by atoms with van der Waals surface area (Å²) >= 11 is 1.50. The minimum atomic E-state index is -3.57. The maximum atomic E-state index is 12.7. The fourth-order valence-corrected chi connectivity index (χ4v) is 4.49. The van der Waals surface area contributed by atoms with Gasteiger partial charge in [0.05, 0.1) is 9.90 Å². The number of sulfonamides is 1. The number of aryl methyl sites for hydroxylation is 2. The van der Waals surface area contributed by atoms with E-state index >= 15 is 0 Å². The smallest absolute Gasteiger partial charge is 0.243 e. The van der Waals surface area contributed by atoms with Crippen LogP contribution in [0.25, 0.3) is 0 Å². The number of nitrogen functional groups attached to an aromatic ring is 1. The molecule has 1 aromatic carbocycles. The summed E-state index contributed by atoms with van der Waals surface area (Å²) in [6.45, 7) is 5.77. The summed E-state index contributed by atoms with van der Waals surface area (Å²) < 4.78 is 26.8. The Morgan fingerprint density at radius 1 is 1.29 bits per heavy atom. The highest BCUT2D eigenvalue weighted by atomic mass is 32.2. The Kier molecular flexibility index (Phi) is 4.36. The molecule has 2 rings (SSSR count). The minimum Gasteiger partial charge on any atom is -0.398 e. The molecule has 0 spiro atoms. The summed E-state index contributed by atoms with van der Waals surface area (Å²) in [6.07, 6.45) is 1.71. The Balaban J connectivity index is 2.37. The number of hydrogen-bond acceptors (Lipinski definition) is 5. The van der Waals surface area contributed by atoms with Crippen molar-refractivity contribution in [3.63, 3.8) is 0 Å². The van der Waals surface area contributed by atoms with Gasteiger partial charge in [-0.2, -0.15) is 4.31 Å². The minimum absolute atomic E-state index is 0.267. The summed E-state index contributed by atoms with van der Waals surface area (Å²) in [5.41, 5.74) is 7.80. The normalized spacial score (nSPS) is 12.0. The molecule has 0 saturated carbocycles. The van der Waals surface area contributed by atoms with E-state index in [1.807, 2.05) is 13.8 Å². The molecule has 0 saturated heterocycles. The van der Waals surface area contributed by atoms with E-state index in [1.165, 1.54) is 15.6 Å². The summed E-state index contributed by atoms with van der Waals surface area (Å²) in [4.78, 5) is 5.33. The molecule has 0 aliphatic heterocycles. The Hall–Kier alpha value is -1.44. The van der Waals surface area contributed by atoms with Crippen LogP contribution in [0.3, 0.4) is 0 Å². The van der Waals surface area contributed by atoms with Gasteiger partial charge < -0.3 is 5.73 Å². The van der Waals surface area contributed by atoms with E-state index in [0.717, 1.165) is 15.4 Å². The first kappa shape index (κ1) is 15.9. The van der Waals surface area contributed by atoms with Gasteiger partial charge in [-0.1, -0.05) is 0 Å². The molecule has 2 N–H and O–H groups in total. The molecule has 0 bridgehead atoms. The molecule has 0 aliphatic carbocycles. The SMILES string of the molecule is Cc1cc(N)c(C)c(S(=O)(=O)N(C)Cc2cnc(C)s2)c1. The van der Waals surface area contributed by atoms with Gasteiger partial charge >= 0.3 is 0 Å². The second-order valence-electron chi connectivity index (χ2n) is 5.08. The zero-order chi connectivity index (χ0) is 15.8. The molecule has 0 atom stereocenters. The van der Waals surface area contributed by atoms with Crippen molar-refractivity contribution in [2.24, 2.45) is 0 Å². The maximum Gasteiger partial charge on any atom is 0.243 e. The third-order valence-corrected chi connectivity index (χ3v) is 6.11. The first-order chi connectivity index (χ1) is 9.71. The number of anilines is 1. The highest BCUT2D eigenvalue weighted by molar-refractivity contribution is 7.89. The Labute approximate surface area is 129 Å². The predicted octanol–water partition coefficient (Wildman–Crippen LogP) is 2.47. The van der Waals surface area contributed by atoms with Gasteiger partial charge in [0.25, 0.3) is 0 Å². The van der Waals surface area contributed by atoms with Gasteiger partial charge in [-0.05, 0) is 44.0 Å². The molecule has 114 valence electrons. The lowest BCUT2D eigenvalue weighted by Crippen LogP contribution is -2.27. The van der Waals surface area contributed by atoms with Crippen LogP contribution in [0.2, 0.25) is 0 Å². The van der Waals surface area contributed by atoms with Gasteiger partial charge in [0.15, 0.2) is 0 Å². The number of rotatable bonds is 4. The molecule has 0 aliphatic rings. The molecule has 5 nitrogen and oxygen atoms in total. The number of nitrogens with zero attached hydrogens (tertiary/aromatic N) is 2. The number of aromatic nitrogens is 1. The fourth-order valence-electron chi connectivity index (χ4n) is 2.07. The highest BCUT2D eigenvalue weighted by Crippen LogP contribution is 2.26. The van der Waals surface area contributed by atoms with Crippen LogP contribution in [0.5, 0.6) is 0 Å². The molecule has 2 aromatic rings. The van der Waals surface area contributed by atoms with Crippen molar-refractivity contribution in [3.8, 4) is 0 Å². The number of thiazole rings is 1. The summed E-state index contributed by atoms with van der Waals surface area (Å²) in [5, 5.41) is 0.923. The zero-order valence-electron chi connectivity index (χ0n) is 12.5. The van der Waals surface area contributed by atoms with E-state index in [9.17, 15) is 8.42 Å². The van der Waals surface area contributed by atoms with Crippen molar-refractivity contribution in [1.29, 1.82) is 0 Å². The van der Waals surface area contributed by atoms with Gasteiger partial charge in [0, 0.05) is 30.4 Å². The van der Waals surface area contributed by atoms with E-state index in [1.54, 1.807) is 32.3 Å². The van der Waals surface area contributed by atoms with Crippen LogP contribution in [0, 0.1) is 20.8 Å². The van der Waals surface area contributed by atoms with E-state index in [4.69, 9.17) is 5.73 Å². The Bertz CT molecular complexity index is 767. The largest absolute Gasteiger partial charge is 0.398 e. The van der Waals surface area contributed by atoms with Crippen LogP contribution in [0.1, 0.15) is 21.0 Å². The molecule has 21 heavy (non-hydrogen) atoms. The van der Waals surface area contributed by atoms with E-state index in [0.29, 0.717) is 17.8 Å². The molecule has 7 heteroatoms. The second-order valence-corrected chi connectivity index (χ2v) is 8.42. The quantitative estimate of drug-likeness (QED) is 0.876. The van der Waals surface area contributed by atoms with Crippen molar-refractivity contribution < 1.29 is 8.42 Å². The highest BCUT2D eigenvalue weighted by Gasteiger charge is 2.24. The van der Waals surface area contributed by atoms with Crippen LogP contribution >= 0.6 is 11.3 Å². The summed E-state index contributed by atoms with van der Waals surface area (Å²) in [5.74, 6) is 0. The third kappa shape index (κ3) is 3.25. The number of nitrogens with two attached hydrogens (primary N) is 1. The fraction of sp³-hybridized carbons (Fsp3) is 0.357. The third-order valence-electron chi connectivity index (χ3n) is 3.28. The molecule has 0 radical (unpaired) electrons. The topological polar surface area (TPSA) is 76.3 Å². The molecular formula is C14H19N3O2S2. The van der Waals surface area contributed by atoms with Crippen LogP contribution in [-0.2, 0) is 16.6 Å². The van der Waals surface area contributed by atoms with E-state index < -0.39 is 10.0 Å². The molecule has 1 aromatic heterocycles. The standard InChI is InChI=1S/C14H19N3O2S2/c1-9-5-13(15)10(2)14(6-9)21(18,19)17(4)8-12-7-16-11(3)20-12/h5-7H,8,15H2,1-4H3. The van der Waals surface area contributed by atoms with Gasteiger partial charge in [0.2, 0.25) is 10.0 Å². The van der Waals surface area contributed by atoms with Crippen molar-refractivity contribution in [2.45, 2.75) is 32.2 Å². The average Bonchev–Trinajstić information content (AvgIpc) is 2.79. The second kappa shape index (κ2) is 5.75. The zero-order valence-corrected chi connectivity index (χ0v) is 14.2. The monoisotopic (exact) mass is 325 g/mol.